The molecule has 20 aromatic rings. The lowest BCUT2D eigenvalue weighted by atomic mass is 9.98. The molecule has 20 rings (SSSR count). The molecule has 0 saturated heterocycles. The minimum Gasteiger partial charge on any atom is -0.308 e. The summed E-state index contributed by atoms with van der Waals surface area (Å²) in [7, 11) is 0. The maximum Gasteiger partial charge on any atom is 0.235 e. The smallest absolute Gasteiger partial charge is 0.235 e. The van der Waals surface area contributed by atoms with Crippen molar-refractivity contribution >= 4 is 87.5 Å². The van der Waals surface area contributed by atoms with Gasteiger partial charge in [-0.05, 0) is 125 Å². The Morgan fingerprint density at radius 1 is 0.220 bits per heavy atom. The molecule has 0 bridgehead atoms. The Morgan fingerprint density at radius 2 is 0.600 bits per heavy atom. The van der Waals surface area contributed by atoms with E-state index >= 15 is 0 Å². The van der Waals surface area contributed by atoms with Crippen LogP contribution in [0.3, 0.4) is 0 Å². The Kier molecular flexibility index (Phi) is 14.0. The van der Waals surface area contributed by atoms with Gasteiger partial charge in [-0.2, -0.15) is 0 Å². The molecule has 0 saturated carbocycles. The quantitative estimate of drug-likeness (QED) is 0.135. The number of pyridine rings is 2. The summed E-state index contributed by atoms with van der Waals surface area (Å²) in [5, 5.41) is 6.91. The summed E-state index contributed by atoms with van der Waals surface area (Å²) >= 11 is 0. The van der Waals surface area contributed by atoms with Crippen molar-refractivity contribution in [2.24, 2.45) is 0 Å². The SMILES string of the molecule is c1ccc(-c2cc(-c3ccccc3)nc(-n3c4ccccc4c4c(-c5ccc6c(c5)c5ncccc5n6-c5ccccc5)cccc43)n2)cc1.c1ccc(-c2cc(-n3c4ccccc4c4c(-c5ccc6c(c5)c5ncccc5n6-c5ccccc5)cccc43)nc(-c3ccccc3)n2)cc1. The van der Waals surface area contributed by atoms with Crippen molar-refractivity contribution in [2.45, 2.75) is 0 Å². The molecule has 0 atom stereocenters. The zero-order valence-corrected chi connectivity index (χ0v) is 54.0. The third kappa shape index (κ3) is 9.80. The van der Waals surface area contributed by atoms with Gasteiger partial charge in [-0.25, -0.2) is 19.9 Å². The summed E-state index contributed by atoms with van der Waals surface area (Å²) in [6.07, 6.45) is 3.76. The van der Waals surface area contributed by atoms with Gasteiger partial charge in [0.15, 0.2) is 5.82 Å². The van der Waals surface area contributed by atoms with Crippen molar-refractivity contribution in [1.82, 2.24) is 48.2 Å². The molecular formula is C90H58N10. The van der Waals surface area contributed by atoms with E-state index in [0.717, 1.165) is 155 Å². The second-order valence-corrected chi connectivity index (χ2v) is 25.0. The zero-order chi connectivity index (χ0) is 66.0. The van der Waals surface area contributed by atoms with Crippen LogP contribution in [0.1, 0.15) is 0 Å². The average Bonchev–Trinajstić information content (AvgIpc) is 1.58. The van der Waals surface area contributed by atoms with Crippen molar-refractivity contribution in [3.63, 3.8) is 0 Å². The van der Waals surface area contributed by atoms with E-state index in [1.165, 1.54) is 10.8 Å². The predicted molar refractivity (Wildman–Crippen MR) is 410 cm³/mol. The molecule has 0 spiro atoms. The highest BCUT2D eigenvalue weighted by Crippen LogP contribution is 2.44. The first-order valence-corrected chi connectivity index (χ1v) is 33.6. The maximum absolute atomic E-state index is 5.22. The second-order valence-electron chi connectivity index (χ2n) is 25.0. The van der Waals surface area contributed by atoms with Gasteiger partial charge < -0.3 is 9.13 Å². The number of rotatable bonds is 10. The van der Waals surface area contributed by atoms with Crippen molar-refractivity contribution in [1.29, 1.82) is 0 Å². The Hall–Kier alpha value is -13.7. The largest absolute Gasteiger partial charge is 0.308 e. The monoisotopic (exact) mass is 1280 g/mol. The van der Waals surface area contributed by atoms with Crippen LogP contribution >= 0.6 is 0 Å². The van der Waals surface area contributed by atoms with Gasteiger partial charge in [0.05, 0.1) is 72.2 Å². The molecule has 0 unspecified atom stereocenters. The molecule has 0 N–H and O–H groups in total. The molecule has 0 aliphatic rings. The van der Waals surface area contributed by atoms with E-state index < -0.39 is 0 Å². The van der Waals surface area contributed by atoms with E-state index in [2.05, 4.69) is 309 Å². The second kappa shape index (κ2) is 24.2. The van der Waals surface area contributed by atoms with Gasteiger partial charge in [-0.3, -0.25) is 19.1 Å². The number of hydrogen-bond acceptors (Lipinski definition) is 6. The molecule has 468 valence electrons. The predicted octanol–water partition coefficient (Wildman–Crippen LogP) is 22.1. The molecule has 8 aromatic heterocycles. The standard InChI is InChI=1S/2C45H29N5/c1-4-14-30(15-5-1)37-29-38(31-16-6-2-7-17-31)48-45(47-37)50-39-22-11-10-20-35(39)43-34(21-12-23-41(43)50)32-25-26-40-36(28-32)44-42(24-13-27-46-44)49(40)33-18-8-3-9-19-33;1-4-14-30(15-5-1)37-29-42(48-45(47-37)31-16-6-2-7-17-31)50-38-22-11-10-20-35(38)43-34(21-12-23-40(43)50)32-25-26-39-36(28-32)44-41(24-13-27-46-44)49(39)33-18-8-3-9-19-33/h2*1-29H. The molecule has 10 nitrogen and oxygen atoms in total. The van der Waals surface area contributed by atoms with Crippen molar-refractivity contribution in [3.8, 4) is 90.6 Å². The Bertz CT molecular complexity index is 5990. The van der Waals surface area contributed by atoms with E-state index in [4.69, 9.17) is 29.9 Å². The van der Waals surface area contributed by atoms with Crippen LogP contribution in [0.2, 0.25) is 0 Å². The fourth-order valence-corrected chi connectivity index (χ4v) is 14.8. The number of aromatic nitrogens is 10. The zero-order valence-electron chi connectivity index (χ0n) is 54.0. The summed E-state index contributed by atoms with van der Waals surface area (Å²) in [4.78, 5) is 30.5. The lowest BCUT2D eigenvalue weighted by Crippen LogP contribution is -2.04. The lowest BCUT2D eigenvalue weighted by molar-refractivity contribution is 0.995. The normalized spacial score (nSPS) is 11.6. The summed E-state index contributed by atoms with van der Waals surface area (Å²) in [5.74, 6) is 2.16. The van der Waals surface area contributed by atoms with Gasteiger partial charge in [-0.15, -0.1) is 0 Å². The fourth-order valence-electron chi connectivity index (χ4n) is 14.8. The molecule has 12 aromatic carbocycles. The third-order valence-corrected chi connectivity index (χ3v) is 19.2. The molecule has 0 fully saturated rings. The fraction of sp³-hybridized carbons (Fsp3) is 0. The van der Waals surface area contributed by atoms with Crippen LogP contribution < -0.4 is 0 Å². The molecule has 0 radical (unpaired) electrons. The van der Waals surface area contributed by atoms with Gasteiger partial charge in [-0.1, -0.05) is 231 Å². The van der Waals surface area contributed by atoms with Gasteiger partial charge in [0.2, 0.25) is 5.95 Å². The van der Waals surface area contributed by atoms with Gasteiger partial charge in [0.25, 0.3) is 0 Å². The molecule has 100 heavy (non-hydrogen) atoms. The molecule has 10 heteroatoms. The minimum atomic E-state index is 0.638. The molecule has 0 aliphatic heterocycles. The molecule has 0 aliphatic carbocycles. The Labute approximate surface area is 575 Å². The highest BCUT2D eigenvalue weighted by molar-refractivity contribution is 6.19. The topological polar surface area (TPSA) is 97.1 Å². The Balaban J connectivity index is 0.000000139. The number of nitrogens with zero attached hydrogens (tertiary/aromatic N) is 10. The number of para-hydroxylation sites is 4. The first-order chi connectivity index (χ1) is 49.6. The summed E-state index contributed by atoms with van der Waals surface area (Å²) < 4.78 is 9.11. The van der Waals surface area contributed by atoms with Gasteiger partial charge in [0, 0.05) is 84.4 Å². The maximum atomic E-state index is 5.22. The summed E-state index contributed by atoms with van der Waals surface area (Å²) in [6, 6.07) is 119. The summed E-state index contributed by atoms with van der Waals surface area (Å²) in [6.45, 7) is 0. The van der Waals surface area contributed by atoms with Crippen LogP contribution in [0, 0.1) is 0 Å². The summed E-state index contributed by atoms with van der Waals surface area (Å²) in [5.41, 5.74) is 24.3. The van der Waals surface area contributed by atoms with Gasteiger partial charge in [0.1, 0.15) is 5.82 Å². The highest BCUT2D eigenvalue weighted by atomic mass is 15.2. The van der Waals surface area contributed by atoms with Crippen molar-refractivity contribution in [2.75, 3.05) is 0 Å². The van der Waals surface area contributed by atoms with Gasteiger partial charge >= 0.3 is 0 Å². The number of fused-ring (bicyclic) bond motifs is 12. The number of hydrogen-bond donors (Lipinski definition) is 0. The van der Waals surface area contributed by atoms with Crippen LogP contribution in [0.15, 0.2) is 352 Å². The van der Waals surface area contributed by atoms with E-state index in [9.17, 15) is 0 Å². The first kappa shape index (κ1) is 57.7. The van der Waals surface area contributed by atoms with Crippen LogP contribution in [-0.4, -0.2) is 48.2 Å². The van der Waals surface area contributed by atoms with E-state index in [0.29, 0.717) is 11.8 Å². The van der Waals surface area contributed by atoms with E-state index in [1.807, 2.05) is 60.9 Å². The van der Waals surface area contributed by atoms with Crippen molar-refractivity contribution < 1.29 is 0 Å². The number of benzene rings is 12. The van der Waals surface area contributed by atoms with Crippen LogP contribution in [-0.2, 0) is 0 Å². The van der Waals surface area contributed by atoms with Crippen LogP contribution in [0.25, 0.3) is 178 Å². The van der Waals surface area contributed by atoms with E-state index in [1.54, 1.807) is 0 Å². The molecule has 0 amide bonds. The first-order valence-electron chi connectivity index (χ1n) is 33.6. The minimum absolute atomic E-state index is 0.638. The molecular weight excluding hydrogens is 1220 g/mol. The average molecular weight is 1280 g/mol. The van der Waals surface area contributed by atoms with Crippen LogP contribution in [0.5, 0.6) is 0 Å². The van der Waals surface area contributed by atoms with Crippen molar-refractivity contribution in [3.05, 3.63) is 352 Å². The Morgan fingerprint density at radius 3 is 1.08 bits per heavy atom. The third-order valence-electron chi connectivity index (χ3n) is 19.2. The lowest BCUT2D eigenvalue weighted by Gasteiger charge is -2.12. The van der Waals surface area contributed by atoms with Crippen LogP contribution in [0.4, 0.5) is 0 Å². The highest BCUT2D eigenvalue weighted by Gasteiger charge is 2.24. The van der Waals surface area contributed by atoms with E-state index in [-0.39, 0.29) is 0 Å². The molecule has 8 heterocycles.